The third kappa shape index (κ3) is 53.2. The first-order valence-corrected chi connectivity index (χ1v) is 1.00. The quantitative estimate of drug-likeness (QED) is 0.289. The van der Waals surface area contributed by atoms with E-state index in [0.717, 1.165) is 0 Å². The summed E-state index contributed by atoms with van der Waals surface area (Å²) in [7, 11) is 14.0. The molecule has 0 amide bonds. The molecule has 4 heavy (non-hydrogen) atoms. The van der Waals surface area contributed by atoms with Gasteiger partial charge < -0.3 is 21.9 Å². The maximum absolute atomic E-state index is 4.67. The van der Waals surface area contributed by atoms with Gasteiger partial charge in [-0.15, -0.1) is 0 Å². The van der Waals surface area contributed by atoms with Gasteiger partial charge >= 0.3 is 0 Å². The minimum Gasteiger partial charge on any atom is -0.729 e. The molecular formula is B4-2. The van der Waals surface area contributed by atoms with Crippen molar-refractivity contribution in [2.75, 3.05) is 0 Å². The standard InChI is InChI=1S/B4/c1-4(2)3/q-2. The first-order chi connectivity index (χ1) is 1.73. The summed E-state index contributed by atoms with van der Waals surface area (Å²) < 4.78 is 0. The fourth-order valence-corrected chi connectivity index (χ4v) is 0. The lowest BCUT2D eigenvalue weighted by Crippen LogP contribution is -2.11. The molecule has 0 aromatic rings. The lowest BCUT2D eigenvalue weighted by molar-refractivity contribution is 4.02. The number of rotatable bonds is 0. The predicted octanol–water partition coefficient (Wildman–Crippen LogP) is -1.52. The highest BCUT2D eigenvalue weighted by atomic mass is 12.5. The Morgan fingerprint density at radius 2 is 1.50 bits per heavy atom. The molecule has 0 nitrogen and oxygen atoms in total. The summed E-state index contributed by atoms with van der Waals surface area (Å²) >= 11 is 0. The third-order valence-electron chi connectivity index (χ3n) is 0. The second-order valence-electron chi connectivity index (χ2n) is 0.577. The second-order valence-corrected chi connectivity index (χ2v) is 0.577. The Balaban J connectivity index is 2.32. The van der Waals surface area contributed by atoms with Crippen molar-refractivity contribution in [2.45, 2.75) is 0 Å². The van der Waals surface area contributed by atoms with Crippen LogP contribution < -0.4 is 0 Å². The van der Waals surface area contributed by atoms with Gasteiger partial charge in [0.2, 0.25) is 0 Å². The average molecular weight is 43.2 g/mol. The molecule has 0 saturated carbocycles. The van der Waals surface area contributed by atoms with Gasteiger partial charge in [0.05, 0.1) is 0 Å². The van der Waals surface area contributed by atoms with Crippen LogP contribution in [0.2, 0.25) is 0 Å². The van der Waals surface area contributed by atoms with Gasteiger partial charge in [-0.3, -0.25) is 0 Å². The monoisotopic (exact) mass is 44.0 g/mol. The Bertz CT molecular complexity index is 4.75. The Hall–Kier alpha value is 0.260. The van der Waals surface area contributed by atoms with Crippen LogP contribution >= 0.6 is 0 Å². The molecule has 4 heteroatoms. The molecule has 0 aliphatic heterocycles. The summed E-state index contributed by atoms with van der Waals surface area (Å²) in [5.74, 6) is 0. The minimum absolute atomic E-state index is 0.667. The first kappa shape index (κ1) is 4.26. The van der Waals surface area contributed by atoms with E-state index in [1.807, 2.05) is 0 Å². The predicted molar refractivity (Wildman–Crippen MR) is 23.0 cm³/mol. The van der Waals surface area contributed by atoms with Crippen molar-refractivity contribution in [1.29, 1.82) is 0 Å². The van der Waals surface area contributed by atoms with Crippen LogP contribution in [0.4, 0.5) is 0 Å². The fourth-order valence-electron chi connectivity index (χ4n) is 0. The highest BCUT2D eigenvalue weighted by Gasteiger charge is 1.28. The Labute approximate surface area is 30.6 Å². The van der Waals surface area contributed by atoms with Crippen LogP contribution in [0, 0.1) is 0 Å². The maximum Gasteiger partial charge on any atom is -0.0832 e. The van der Waals surface area contributed by atoms with E-state index in [1.165, 1.54) is 0 Å². The van der Waals surface area contributed by atoms with Crippen molar-refractivity contribution in [3.63, 3.8) is 0 Å². The molecule has 8 radical (unpaired) electrons. The van der Waals surface area contributed by atoms with Gasteiger partial charge in [-0.05, 0) is 0 Å². The molecule has 0 aliphatic rings. The van der Waals surface area contributed by atoms with E-state index in [1.54, 1.807) is 0 Å². The minimum atomic E-state index is -0.667. The summed E-state index contributed by atoms with van der Waals surface area (Å²) in [4.78, 5) is 0. The summed E-state index contributed by atoms with van der Waals surface area (Å²) in [6.07, 6.45) is -0.667. The van der Waals surface area contributed by atoms with Gasteiger partial charge in [0.15, 0.2) is 0 Å². The fraction of sp³-hybridized carbons (Fsp3) is 0. The zero-order valence-electron chi connectivity index (χ0n) is 2.31. The van der Waals surface area contributed by atoms with Gasteiger partial charge in [-0.1, -0.05) is 7.74 Å². The lowest BCUT2D eigenvalue weighted by atomic mass is 9.08. The van der Waals surface area contributed by atoms with E-state index in [-0.39, 0.29) is 0 Å². The third-order valence-corrected chi connectivity index (χ3v) is 0. The van der Waals surface area contributed by atoms with Crippen molar-refractivity contribution in [2.24, 2.45) is 0 Å². The van der Waals surface area contributed by atoms with Crippen molar-refractivity contribution in [1.82, 2.24) is 0 Å². The molecule has 14 valence electrons. The van der Waals surface area contributed by atoms with E-state index in [2.05, 4.69) is 23.2 Å². The lowest BCUT2D eigenvalue weighted by Gasteiger charge is -2.24. The van der Waals surface area contributed by atoms with Crippen molar-refractivity contribution < 1.29 is 0 Å². The van der Waals surface area contributed by atoms with E-state index >= 15 is 0 Å². The Morgan fingerprint density at radius 1 is 1.50 bits per heavy atom. The first-order valence-electron chi connectivity index (χ1n) is 1.00. The van der Waals surface area contributed by atoms with Crippen LogP contribution in [0.15, 0.2) is 0 Å². The van der Waals surface area contributed by atoms with Crippen LogP contribution in [0.5, 0.6) is 0 Å². The highest BCUT2D eigenvalue weighted by Crippen LogP contribution is 1.35. The average Bonchev–Trinajstić information content (AvgIpc) is 0.811. The van der Waals surface area contributed by atoms with Crippen molar-refractivity contribution >= 4 is 29.6 Å². The number of hydrogen-bond acceptors (Lipinski definition) is 0. The Morgan fingerprint density at radius 3 is 1.50 bits per heavy atom. The van der Waals surface area contributed by atoms with E-state index in [0.29, 0.717) is 0 Å². The smallest absolute Gasteiger partial charge is 0.0832 e. The largest absolute Gasteiger partial charge is 0.729 e. The molecule has 0 fully saturated rings. The number of hydrogen-bond donors (Lipinski definition) is 0. The molecule has 0 rings (SSSR count). The van der Waals surface area contributed by atoms with Crippen molar-refractivity contribution in [3.05, 3.63) is 0 Å². The van der Waals surface area contributed by atoms with Gasteiger partial charge in [-0.25, -0.2) is 0 Å². The van der Waals surface area contributed by atoms with Gasteiger partial charge in [0, 0.05) is 0 Å². The topological polar surface area (TPSA) is 0 Å². The highest BCUT2D eigenvalue weighted by molar-refractivity contribution is 7.49. The van der Waals surface area contributed by atoms with Crippen LogP contribution in [0.3, 0.4) is 0 Å². The van der Waals surface area contributed by atoms with Crippen LogP contribution in [-0.2, 0) is 0 Å². The second kappa shape index (κ2) is 1.57. The van der Waals surface area contributed by atoms with Crippen LogP contribution in [-0.4, -0.2) is 29.6 Å². The molecule has 0 N–H and O–H groups in total. The summed E-state index contributed by atoms with van der Waals surface area (Å²) in [5, 5.41) is 0. The maximum atomic E-state index is 4.67. The molecule has 0 saturated heterocycles. The van der Waals surface area contributed by atoms with Gasteiger partial charge in [0.1, 0.15) is 0 Å². The SMILES string of the molecule is [B]B([B-])[B-]. The zero-order chi connectivity index (χ0) is 3.58. The van der Waals surface area contributed by atoms with Gasteiger partial charge in [0.25, 0.3) is 0 Å². The van der Waals surface area contributed by atoms with Crippen LogP contribution in [0.1, 0.15) is 0 Å². The normalized spacial score (nSPS) is 6.50. The molecule has 0 aliphatic carbocycles. The molecule has 0 atom stereocenters. The molecular weight excluding hydrogens is 43.2 g/mol. The summed E-state index contributed by atoms with van der Waals surface area (Å²) in [5.41, 5.74) is 0. The molecule has 0 spiro atoms. The summed E-state index contributed by atoms with van der Waals surface area (Å²) in [6, 6.07) is 0. The summed E-state index contributed by atoms with van der Waals surface area (Å²) in [6.45, 7) is 0. The van der Waals surface area contributed by atoms with E-state index in [4.69, 9.17) is 0 Å². The van der Waals surface area contributed by atoms with E-state index in [9.17, 15) is 0 Å². The molecule has 0 bridgehead atoms. The Kier molecular flexibility index (Phi) is 1.67. The molecule has 0 aromatic heterocycles. The van der Waals surface area contributed by atoms with E-state index < -0.39 is 6.39 Å². The van der Waals surface area contributed by atoms with Crippen molar-refractivity contribution in [3.8, 4) is 0 Å². The zero-order valence-corrected chi connectivity index (χ0v) is 2.31. The molecule has 0 aromatic carbocycles. The van der Waals surface area contributed by atoms with Gasteiger partial charge in [-0.2, -0.15) is 0 Å². The van der Waals surface area contributed by atoms with Crippen LogP contribution in [0.25, 0.3) is 0 Å². The molecule has 0 unspecified atom stereocenters. The molecule has 0 heterocycles.